The Morgan fingerprint density at radius 2 is 1.97 bits per heavy atom. The number of aryl methyl sites for hydroxylation is 1. The Bertz CT molecular complexity index is 1010. The van der Waals surface area contributed by atoms with Crippen molar-refractivity contribution in [2.45, 2.75) is 31.7 Å². The third kappa shape index (κ3) is 3.66. The van der Waals surface area contributed by atoms with E-state index < -0.39 is 5.54 Å². The Balaban J connectivity index is 1.49. The second kappa shape index (κ2) is 7.54. The molecule has 0 aliphatic carbocycles. The second-order valence-corrected chi connectivity index (χ2v) is 7.61. The molecule has 1 spiro atoms. The van der Waals surface area contributed by atoms with Gasteiger partial charge in [-0.2, -0.15) is 0 Å². The van der Waals surface area contributed by atoms with Crippen LogP contribution >= 0.6 is 0 Å². The van der Waals surface area contributed by atoms with Gasteiger partial charge in [-0.3, -0.25) is 14.4 Å². The van der Waals surface area contributed by atoms with Crippen molar-refractivity contribution in [1.82, 2.24) is 4.90 Å². The fraction of sp³-hybridized carbons (Fsp3) is 0.261. The maximum Gasteiger partial charge on any atom is 0.250 e. The molecule has 6 nitrogen and oxygen atoms in total. The monoisotopic (exact) mass is 389 g/mol. The quantitative estimate of drug-likeness (QED) is 0.792. The van der Waals surface area contributed by atoms with E-state index in [-0.39, 0.29) is 17.7 Å². The zero-order valence-electron chi connectivity index (χ0n) is 16.3. The molecular formula is C23H23N3O3. The molecule has 2 heterocycles. The van der Waals surface area contributed by atoms with E-state index in [4.69, 9.17) is 0 Å². The zero-order valence-corrected chi connectivity index (χ0v) is 16.3. The van der Waals surface area contributed by atoms with E-state index in [9.17, 15) is 14.4 Å². The van der Waals surface area contributed by atoms with Crippen molar-refractivity contribution in [3.05, 3.63) is 71.8 Å². The molecule has 2 aliphatic rings. The first-order valence-corrected chi connectivity index (χ1v) is 9.75. The third-order valence-electron chi connectivity index (χ3n) is 5.59. The molecule has 0 saturated carbocycles. The number of hydrogen-bond acceptors (Lipinski definition) is 3. The minimum Gasteiger partial charge on any atom is -0.324 e. The Morgan fingerprint density at radius 3 is 2.79 bits per heavy atom. The molecule has 1 saturated heterocycles. The highest BCUT2D eigenvalue weighted by atomic mass is 16.2. The SMILES string of the molecule is Cc1cccc(NC(=O)/C=C/C(=O)N2CCCC23Cc2ccccc2NC3=O)c1. The predicted octanol–water partition coefficient (Wildman–Crippen LogP) is 3.05. The van der Waals surface area contributed by atoms with Crippen molar-refractivity contribution in [3.8, 4) is 0 Å². The molecule has 1 atom stereocenters. The van der Waals surface area contributed by atoms with Crippen LogP contribution in [-0.4, -0.2) is 34.7 Å². The van der Waals surface area contributed by atoms with Crippen LogP contribution in [0.3, 0.4) is 0 Å². The molecule has 0 bridgehead atoms. The molecule has 2 aromatic carbocycles. The molecule has 6 heteroatoms. The maximum atomic E-state index is 12.9. The van der Waals surface area contributed by atoms with Gasteiger partial charge in [-0.1, -0.05) is 30.3 Å². The summed E-state index contributed by atoms with van der Waals surface area (Å²) >= 11 is 0. The lowest BCUT2D eigenvalue weighted by molar-refractivity contribution is -0.139. The summed E-state index contributed by atoms with van der Waals surface area (Å²) in [5.41, 5.74) is 2.64. The highest BCUT2D eigenvalue weighted by Crippen LogP contribution is 2.39. The van der Waals surface area contributed by atoms with Crippen LogP contribution in [0.5, 0.6) is 0 Å². The minimum atomic E-state index is -0.886. The van der Waals surface area contributed by atoms with Crippen molar-refractivity contribution in [1.29, 1.82) is 0 Å². The lowest BCUT2D eigenvalue weighted by atomic mass is 9.83. The Kier molecular flexibility index (Phi) is 4.92. The Morgan fingerprint density at radius 1 is 1.14 bits per heavy atom. The van der Waals surface area contributed by atoms with Crippen LogP contribution in [0.15, 0.2) is 60.7 Å². The van der Waals surface area contributed by atoms with E-state index in [1.807, 2.05) is 49.4 Å². The summed E-state index contributed by atoms with van der Waals surface area (Å²) in [7, 11) is 0. The number of fused-ring (bicyclic) bond motifs is 1. The molecule has 2 N–H and O–H groups in total. The zero-order chi connectivity index (χ0) is 20.4. The van der Waals surface area contributed by atoms with Crippen LogP contribution in [0.2, 0.25) is 0 Å². The molecule has 0 radical (unpaired) electrons. The van der Waals surface area contributed by atoms with Crippen molar-refractivity contribution >= 4 is 29.1 Å². The number of anilines is 2. The molecule has 148 valence electrons. The first-order valence-electron chi connectivity index (χ1n) is 9.75. The van der Waals surface area contributed by atoms with Crippen LogP contribution in [0.25, 0.3) is 0 Å². The summed E-state index contributed by atoms with van der Waals surface area (Å²) < 4.78 is 0. The first-order chi connectivity index (χ1) is 14.0. The number of rotatable bonds is 3. The predicted molar refractivity (Wildman–Crippen MR) is 111 cm³/mol. The summed E-state index contributed by atoms with van der Waals surface area (Å²) in [6.07, 6.45) is 4.34. The van der Waals surface area contributed by atoms with E-state index >= 15 is 0 Å². The fourth-order valence-corrected chi connectivity index (χ4v) is 4.19. The minimum absolute atomic E-state index is 0.153. The van der Waals surface area contributed by atoms with Crippen LogP contribution in [0, 0.1) is 6.92 Å². The molecule has 2 aliphatic heterocycles. The van der Waals surface area contributed by atoms with Gasteiger partial charge in [0, 0.05) is 36.5 Å². The average Bonchev–Trinajstić information content (AvgIpc) is 3.11. The van der Waals surface area contributed by atoms with Gasteiger partial charge >= 0.3 is 0 Å². The van der Waals surface area contributed by atoms with Crippen LogP contribution in [-0.2, 0) is 20.8 Å². The van der Waals surface area contributed by atoms with E-state index in [2.05, 4.69) is 10.6 Å². The number of hydrogen-bond donors (Lipinski definition) is 2. The van der Waals surface area contributed by atoms with Crippen molar-refractivity contribution in [2.75, 3.05) is 17.2 Å². The van der Waals surface area contributed by atoms with Crippen molar-refractivity contribution < 1.29 is 14.4 Å². The number of benzene rings is 2. The number of nitrogens with zero attached hydrogens (tertiary/aromatic N) is 1. The van der Waals surface area contributed by atoms with Crippen molar-refractivity contribution in [3.63, 3.8) is 0 Å². The van der Waals surface area contributed by atoms with E-state index in [0.717, 1.165) is 23.2 Å². The van der Waals surface area contributed by atoms with Gasteiger partial charge in [0.2, 0.25) is 11.8 Å². The molecule has 1 fully saturated rings. The number of likely N-dealkylation sites (tertiary alicyclic amines) is 1. The number of nitrogens with one attached hydrogen (secondary N) is 2. The normalized spacial score (nSPS) is 20.6. The molecule has 0 aromatic heterocycles. The highest BCUT2D eigenvalue weighted by molar-refractivity contribution is 6.07. The van der Waals surface area contributed by atoms with Gasteiger partial charge in [-0.05, 0) is 49.1 Å². The summed E-state index contributed by atoms with van der Waals surface area (Å²) in [5, 5.41) is 5.69. The summed E-state index contributed by atoms with van der Waals surface area (Å²) in [4.78, 5) is 39.6. The maximum absolute atomic E-state index is 12.9. The van der Waals surface area contributed by atoms with Gasteiger partial charge in [0.25, 0.3) is 5.91 Å². The van der Waals surface area contributed by atoms with Gasteiger partial charge in [-0.15, -0.1) is 0 Å². The number of amides is 3. The largest absolute Gasteiger partial charge is 0.324 e. The lowest BCUT2D eigenvalue weighted by Gasteiger charge is -2.40. The Labute approximate surface area is 169 Å². The molecule has 2 aromatic rings. The standard InChI is InChI=1S/C23H23N3O3/c1-16-6-4-8-18(14-16)24-20(27)10-11-21(28)26-13-5-12-23(26)15-17-7-2-3-9-19(17)25-22(23)29/h2-4,6-11,14H,5,12-13,15H2,1H3,(H,24,27)(H,25,29)/b11-10+. The fourth-order valence-electron chi connectivity index (χ4n) is 4.19. The van der Waals surface area contributed by atoms with Gasteiger partial charge in [0.1, 0.15) is 5.54 Å². The van der Waals surface area contributed by atoms with Gasteiger partial charge in [0.15, 0.2) is 0 Å². The number of carbonyl (C=O) groups excluding carboxylic acids is 3. The molecule has 1 unspecified atom stereocenters. The molecule has 4 rings (SSSR count). The third-order valence-corrected chi connectivity index (χ3v) is 5.59. The van der Waals surface area contributed by atoms with E-state index in [1.54, 1.807) is 11.0 Å². The van der Waals surface area contributed by atoms with Crippen molar-refractivity contribution in [2.24, 2.45) is 0 Å². The highest BCUT2D eigenvalue weighted by Gasteiger charge is 2.51. The summed E-state index contributed by atoms with van der Waals surface area (Å²) in [6.45, 7) is 2.44. The smallest absolute Gasteiger partial charge is 0.250 e. The van der Waals surface area contributed by atoms with Gasteiger partial charge in [0.05, 0.1) is 0 Å². The van der Waals surface area contributed by atoms with Gasteiger partial charge < -0.3 is 15.5 Å². The summed E-state index contributed by atoms with van der Waals surface area (Å²) in [5.74, 6) is -0.855. The molecule has 29 heavy (non-hydrogen) atoms. The van der Waals surface area contributed by atoms with Gasteiger partial charge in [-0.25, -0.2) is 0 Å². The molecule has 3 amide bonds. The average molecular weight is 389 g/mol. The van der Waals surface area contributed by atoms with E-state index in [0.29, 0.717) is 25.1 Å². The lowest BCUT2D eigenvalue weighted by Crippen LogP contribution is -2.58. The van der Waals surface area contributed by atoms with E-state index in [1.165, 1.54) is 12.2 Å². The number of para-hydroxylation sites is 1. The number of carbonyl (C=O) groups is 3. The topological polar surface area (TPSA) is 78.5 Å². The van der Waals surface area contributed by atoms with Crippen LogP contribution < -0.4 is 10.6 Å². The van der Waals surface area contributed by atoms with Crippen LogP contribution in [0.1, 0.15) is 24.0 Å². The Hall–Kier alpha value is -3.41. The second-order valence-electron chi connectivity index (χ2n) is 7.61. The first kappa shape index (κ1) is 18.9. The summed E-state index contributed by atoms with van der Waals surface area (Å²) in [6, 6.07) is 15.1. The molecular weight excluding hydrogens is 366 g/mol. The van der Waals surface area contributed by atoms with Crippen LogP contribution in [0.4, 0.5) is 11.4 Å².